The first kappa shape index (κ1) is 40.6. The van der Waals surface area contributed by atoms with E-state index in [-0.39, 0.29) is 0 Å². The smallest absolute Gasteiger partial charge is 0.141 e. The number of aryl methyl sites for hydroxylation is 6. The van der Waals surface area contributed by atoms with Crippen LogP contribution in [0.5, 0.6) is 0 Å². The molecule has 0 aliphatic rings. The van der Waals surface area contributed by atoms with Crippen molar-refractivity contribution in [3.05, 3.63) is 203 Å². The van der Waals surface area contributed by atoms with E-state index in [0.29, 0.717) is 0 Å². The molecule has 0 spiro atoms. The highest BCUT2D eigenvalue weighted by atomic mass is 31.1. The molecule has 0 fully saturated rings. The third-order valence-electron chi connectivity index (χ3n) is 15.5. The van der Waals surface area contributed by atoms with Crippen LogP contribution in [0.3, 0.4) is 0 Å². The van der Waals surface area contributed by atoms with E-state index in [1.54, 1.807) is 0 Å². The highest BCUT2D eigenvalue weighted by Crippen LogP contribution is 2.61. The van der Waals surface area contributed by atoms with Crippen molar-refractivity contribution in [2.45, 2.75) is 41.5 Å². The third kappa shape index (κ3) is 5.30. The Bertz CT molecular complexity index is 4680. The van der Waals surface area contributed by atoms with E-state index in [2.05, 4.69) is 230 Å². The molecular weight excluding hydrogens is 919 g/mol. The molecule has 0 saturated heterocycles. The van der Waals surface area contributed by atoms with Gasteiger partial charge in [-0.1, -0.05) is 97.6 Å². The monoisotopic (exact) mass is 964 g/mol. The summed E-state index contributed by atoms with van der Waals surface area (Å²) in [6.45, 7) is 13.2. The van der Waals surface area contributed by atoms with Gasteiger partial charge in [-0.3, -0.25) is 0 Å². The van der Waals surface area contributed by atoms with Gasteiger partial charge in [-0.25, -0.2) is 0 Å². The van der Waals surface area contributed by atoms with Gasteiger partial charge in [0.1, 0.15) is 22.3 Å². The van der Waals surface area contributed by atoms with Crippen molar-refractivity contribution in [2.24, 2.45) is 0 Å². The van der Waals surface area contributed by atoms with Crippen molar-refractivity contribution in [3.8, 4) is 22.7 Å². The molecule has 8 heteroatoms. The summed E-state index contributed by atoms with van der Waals surface area (Å²) in [5.41, 5.74) is 25.1. The van der Waals surface area contributed by atoms with E-state index in [0.717, 1.165) is 66.9 Å². The second-order valence-corrected chi connectivity index (χ2v) is 24.4. The molecule has 344 valence electrons. The van der Waals surface area contributed by atoms with Gasteiger partial charge in [0, 0.05) is 43.8 Å². The van der Waals surface area contributed by atoms with Crippen molar-refractivity contribution >= 4 is 123 Å². The fourth-order valence-corrected chi connectivity index (χ4v) is 18.3. The molecule has 72 heavy (non-hydrogen) atoms. The van der Waals surface area contributed by atoms with E-state index >= 15 is 0 Å². The highest BCUT2D eigenvalue weighted by Gasteiger charge is 2.30. The molecular formula is C64H46N4O2P2. The van der Waals surface area contributed by atoms with Gasteiger partial charge in [0.2, 0.25) is 0 Å². The Morgan fingerprint density at radius 2 is 0.597 bits per heavy atom. The molecule has 6 aromatic heterocycles. The summed E-state index contributed by atoms with van der Waals surface area (Å²) in [7, 11) is -2.19. The summed E-state index contributed by atoms with van der Waals surface area (Å²) < 4.78 is 25.1. The van der Waals surface area contributed by atoms with Gasteiger partial charge in [-0.2, -0.15) is 0 Å². The van der Waals surface area contributed by atoms with E-state index in [1.807, 2.05) is 0 Å². The lowest BCUT2D eigenvalue weighted by Gasteiger charge is -2.28. The van der Waals surface area contributed by atoms with Gasteiger partial charge < -0.3 is 27.1 Å². The standard InChI is InChI=1S/C64H46N4O2P2/c1-35-13-21-41(22-14-35)65-47-9-7-11-53-61(47)71-59-49(65)29-39(5)31-51(59)67(43-25-17-37(3)18-26-43)57-45-34-56-64-58(46(45)33-55(69-53)63(57)71)68(44-27-19-38(4)20-28-44)52-32-40(6)30-50-60(52)72(64)62-48(10-8-12-54(62)70-56)66(50)42-23-15-36(2)16-24-42/h7-34H,1-6H3. The zero-order chi connectivity index (χ0) is 48.0. The first-order valence-electron chi connectivity index (χ1n) is 24.8. The number of fused-ring (bicyclic) bond motifs is 3. The third-order valence-corrected chi connectivity index (χ3v) is 20.9. The summed E-state index contributed by atoms with van der Waals surface area (Å²) in [5, 5.41) is 10.0. The topological polar surface area (TPSA) is 46.0 Å². The lowest BCUT2D eigenvalue weighted by molar-refractivity contribution is 0.662. The van der Waals surface area contributed by atoms with E-state index in [1.165, 1.54) is 97.2 Å². The largest absolute Gasteiger partial charge is 0.455 e. The number of rotatable bonds is 4. The number of benzene rings is 10. The van der Waals surface area contributed by atoms with Crippen LogP contribution < -0.4 is 0 Å². The van der Waals surface area contributed by atoms with Crippen molar-refractivity contribution in [3.63, 3.8) is 0 Å². The second-order valence-electron chi connectivity index (χ2n) is 20.3. The minimum Gasteiger partial charge on any atom is -0.455 e. The van der Waals surface area contributed by atoms with Crippen LogP contribution in [0.15, 0.2) is 179 Å². The molecule has 2 atom stereocenters. The SMILES string of the molecule is Cc1ccc(-n2c3cccc4oc5cc6c(cc7oc8cccc9c8p8c%10c(cc(C)cc%10n(-c%10ccc(C)cc%10)c6c78)n9-c6ccc(C)cc6)c6c5p(c43)c3c2cc(C)cc3n6-c2ccc(C)cc2)cc1. The fraction of sp³-hybridized carbons (Fsp3) is 0.0938. The molecule has 6 nitrogen and oxygen atoms in total. The molecule has 16 aromatic rings. The van der Waals surface area contributed by atoms with Crippen LogP contribution >= 0.6 is 14.7 Å². The molecule has 16 rings (SSSR count). The number of hydrogen-bond donors (Lipinski definition) is 0. The molecule has 0 bridgehead atoms. The van der Waals surface area contributed by atoms with E-state index in [4.69, 9.17) is 8.83 Å². The molecule has 0 saturated carbocycles. The zero-order valence-electron chi connectivity index (χ0n) is 40.7. The average molecular weight is 965 g/mol. The predicted molar refractivity (Wildman–Crippen MR) is 306 cm³/mol. The highest BCUT2D eigenvalue weighted by molar-refractivity contribution is 7.64. The van der Waals surface area contributed by atoms with Crippen molar-refractivity contribution in [2.75, 3.05) is 0 Å². The number of hydrogen-bond acceptors (Lipinski definition) is 2. The van der Waals surface area contributed by atoms with Gasteiger partial charge in [-0.05, 0) is 162 Å². The molecule has 10 aromatic carbocycles. The average Bonchev–Trinajstić information content (AvgIpc) is 3.38. The maximum atomic E-state index is 7.49. The zero-order valence-corrected chi connectivity index (χ0v) is 42.5. The van der Waals surface area contributed by atoms with Crippen molar-refractivity contribution in [1.82, 2.24) is 18.3 Å². The van der Waals surface area contributed by atoms with E-state index in [9.17, 15) is 0 Å². The number of aromatic nitrogens is 4. The second kappa shape index (κ2) is 14.3. The Hall–Kier alpha value is -8.14. The molecule has 0 radical (unpaired) electrons. The summed E-state index contributed by atoms with van der Waals surface area (Å²) >= 11 is 0. The minimum atomic E-state index is -1.09. The first-order chi connectivity index (χ1) is 35.2. The lowest BCUT2D eigenvalue weighted by atomic mass is 10.0. The van der Waals surface area contributed by atoms with Crippen LogP contribution in [0.2, 0.25) is 0 Å². The minimum absolute atomic E-state index is 0.918. The van der Waals surface area contributed by atoms with Crippen LogP contribution in [0, 0.1) is 41.5 Å². The normalized spacial score (nSPS) is 13.1. The maximum absolute atomic E-state index is 7.49. The molecule has 0 aliphatic heterocycles. The Morgan fingerprint density at radius 3 is 0.944 bits per heavy atom. The summed E-state index contributed by atoms with van der Waals surface area (Å²) in [6.07, 6.45) is 0. The summed E-state index contributed by atoms with van der Waals surface area (Å²) in [6, 6.07) is 64.0. The van der Waals surface area contributed by atoms with Gasteiger partial charge in [0.15, 0.2) is 0 Å². The molecule has 2 unspecified atom stereocenters. The lowest BCUT2D eigenvalue weighted by Crippen LogP contribution is -2.07. The molecule has 6 heterocycles. The summed E-state index contributed by atoms with van der Waals surface area (Å²) in [4.78, 5) is 0. The number of nitrogens with zero attached hydrogens (tertiary/aromatic N) is 4. The van der Waals surface area contributed by atoms with Gasteiger partial charge in [0.25, 0.3) is 0 Å². The quantitative estimate of drug-likeness (QED) is 0.130. The van der Waals surface area contributed by atoms with Crippen molar-refractivity contribution in [1.29, 1.82) is 0 Å². The maximum Gasteiger partial charge on any atom is 0.141 e. The van der Waals surface area contributed by atoms with Crippen LogP contribution in [-0.4, -0.2) is 18.3 Å². The van der Waals surface area contributed by atoms with Gasteiger partial charge in [-0.15, -0.1) is 0 Å². The van der Waals surface area contributed by atoms with Gasteiger partial charge in [0.05, 0.1) is 64.6 Å². The van der Waals surface area contributed by atoms with Crippen LogP contribution in [-0.2, 0) is 0 Å². The van der Waals surface area contributed by atoms with Crippen LogP contribution in [0.4, 0.5) is 0 Å². The Labute approximate surface area is 415 Å². The molecule has 0 amide bonds. The first-order valence-corrected chi connectivity index (χ1v) is 27.5. The molecule has 0 N–H and O–H groups in total. The predicted octanol–water partition coefficient (Wildman–Crippen LogP) is 19.1. The van der Waals surface area contributed by atoms with Crippen molar-refractivity contribution < 1.29 is 8.83 Å². The Kier molecular flexibility index (Phi) is 8.04. The van der Waals surface area contributed by atoms with Gasteiger partial charge >= 0.3 is 0 Å². The fourth-order valence-electron chi connectivity index (χ4n) is 12.4. The van der Waals surface area contributed by atoms with E-state index < -0.39 is 14.7 Å². The Morgan fingerprint density at radius 1 is 0.278 bits per heavy atom. The van der Waals surface area contributed by atoms with Crippen LogP contribution in [0.25, 0.3) is 131 Å². The molecule has 0 aliphatic carbocycles. The Balaban J connectivity index is 1.21. The van der Waals surface area contributed by atoms with Crippen LogP contribution in [0.1, 0.15) is 33.4 Å². The summed E-state index contributed by atoms with van der Waals surface area (Å²) in [5.74, 6) is 0.